The normalized spacial score (nSPS) is 17.1. The van der Waals surface area contributed by atoms with Gasteiger partial charge in [-0.25, -0.2) is 9.88 Å². The van der Waals surface area contributed by atoms with Crippen LogP contribution < -0.4 is 10.2 Å². The number of carbonyl (C=O) groups excluding carboxylic acids is 2. The number of aryl methyl sites for hydroxylation is 1. The molecule has 0 saturated carbocycles. The SMILES string of the molecule is CCn1c(N[C@@H]2CC(=O)N(c3cccc(Cl)c3C)C2=O)nc2ccccc21. The highest BCUT2D eigenvalue weighted by Gasteiger charge is 2.41. The van der Waals surface area contributed by atoms with Crippen molar-refractivity contribution >= 4 is 46.1 Å². The van der Waals surface area contributed by atoms with Gasteiger partial charge in [0.15, 0.2) is 0 Å². The summed E-state index contributed by atoms with van der Waals surface area (Å²) in [6, 6.07) is 12.4. The lowest BCUT2D eigenvalue weighted by atomic mass is 10.2. The summed E-state index contributed by atoms with van der Waals surface area (Å²) in [5.41, 5.74) is 3.08. The lowest BCUT2D eigenvalue weighted by Crippen LogP contribution is -2.35. The molecule has 2 amide bonds. The molecule has 27 heavy (non-hydrogen) atoms. The van der Waals surface area contributed by atoms with E-state index >= 15 is 0 Å². The van der Waals surface area contributed by atoms with Crippen molar-refractivity contribution in [2.24, 2.45) is 0 Å². The molecule has 3 aromatic rings. The molecule has 7 heteroatoms. The van der Waals surface area contributed by atoms with Crippen LogP contribution in [0, 0.1) is 6.92 Å². The minimum atomic E-state index is -0.655. The van der Waals surface area contributed by atoms with Crippen molar-refractivity contribution < 1.29 is 9.59 Å². The largest absolute Gasteiger partial charge is 0.343 e. The van der Waals surface area contributed by atoms with Crippen molar-refractivity contribution in [3.8, 4) is 0 Å². The second kappa shape index (κ2) is 6.70. The van der Waals surface area contributed by atoms with Gasteiger partial charge in [0.25, 0.3) is 5.91 Å². The van der Waals surface area contributed by atoms with Gasteiger partial charge in [-0.2, -0.15) is 0 Å². The van der Waals surface area contributed by atoms with Crippen LogP contribution in [0.1, 0.15) is 18.9 Å². The van der Waals surface area contributed by atoms with E-state index in [-0.39, 0.29) is 18.2 Å². The van der Waals surface area contributed by atoms with Gasteiger partial charge < -0.3 is 9.88 Å². The summed E-state index contributed by atoms with van der Waals surface area (Å²) in [5, 5.41) is 3.70. The topological polar surface area (TPSA) is 67.2 Å². The zero-order chi connectivity index (χ0) is 19.1. The number of imidazole rings is 1. The summed E-state index contributed by atoms with van der Waals surface area (Å²) in [4.78, 5) is 31.3. The van der Waals surface area contributed by atoms with Gasteiger partial charge in [-0.15, -0.1) is 0 Å². The number of halogens is 1. The first kappa shape index (κ1) is 17.5. The predicted octanol–water partition coefficient (Wildman–Crippen LogP) is 3.76. The second-order valence-corrected chi connectivity index (χ2v) is 6.93. The Morgan fingerprint density at radius 3 is 2.74 bits per heavy atom. The van der Waals surface area contributed by atoms with Gasteiger partial charge in [0.1, 0.15) is 6.04 Å². The summed E-state index contributed by atoms with van der Waals surface area (Å²) in [7, 11) is 0. The number of benzene rings is 2. The van der Waals surface area contributed by atoms with Crippen LogP contribution in [0.25, 0.3) is 11.0 Å². The molecule has 1 aliphatic rings. The molecule has 2 aromatic carbocycles. The standard InChI is InChI=1S/C20H19ClN4O2/c1-3-24-17-9-5-4-8-14(17)22-20(24)23-15-11-18(26)25(19(15)27)16-10-6-7-13(21)12(16)2/h4-10,15H,3,11H2,1-2H3,(H,22,23)/t15-/m1/s1. The molecule has 0 radical (unpaired) electrons. The molecule has 1 saturated heterocycles. The maximum absolute atomic E-state index is 13.0. The van der Waals surface area contributed by atoms with Gasteiger partial charge in [-0.05, 0) is 43.7 Å². The average Bonchev–Trinajstić information content (AvgIpc) is 3.14. The summed E-state index contributed by atoms with van der Waals surface area (Å²) in [6.07, 6.45) is 0.0811. The van der Waals surface area contributed by atoms with E-state index in [4.69, 9.17) is 11.6 Å². The minimum absolute atomic E-state index is 0.0811. The first-order chi connectivity index (χ1) is 13.0. The molecule has 1 atom stereocenters. The van der Waals surface area contributed by atoms with E-state index in [1.165, 1.54) is 4.90 Å². The lowest BCUT2D eigenvalue weighted by Gasteiger charge is -2.18. The van der Waals surface area contributed by atoms with Gasteiger partial charge in [-0.1, -0.05) is 29.8 Å². The number of anilines is 2. The van der Waals surface area contributed by atoms with E-state index in [2.05, 4.69) is 10.3 Å². The quantitative estimate of drug-likeness (QED) is 0.697. The highest BCUT2D eigenvalue weighted by Crippen LogP contribution is 2.31. The second-order valence-electron chi connectivity index (χ2n) is 6.52. The third-order valence-corrected chi connectivity index (χ3v) is 5.31. The number of nitrogens with one attached hydrogen (secondary N) is 1. The fraction of sp³-hybridized carbons (Fsp3) is 0.250. The molecule has 2 heterocycles. The lowest BCUT2D eigenvalue weighted by molar-refractivity contribution is -0.121. The summed E-state index contributed by atoms with van der Waals surface area (Å²) in [5.74, 6) is 0.0524. The van der Waals surface area contributed by atoms with Crippen LogP contribution in [-0.2, 0) is 16.1 Å². The number of nitrogens with zero attached hydrogens (tertiary/aromatic N) is 3. The van der Waals surface area contributed by atoms with Gasteiger partial charge in [0.2, 0.25) is 11.9 Å². The average molecular weight is 383 g/mol. The van der Waals surface area contributed by atoms with Crippen molar-refractivity contribution in [1.29, 1.82) is 0 Å². The number of amides is 2. The van der Waals surface area contributed by atoms with Crippen molar-refractivity contribution in [2.75, 3.05) is 10.2 Å². The fourth-order valence-electron chi connectivity index (χ4n) is 3.50. The minimum Gasteiger partial charge on any atom is -0.343 e. The Hall–Kier alpha value is -2.86. The van der Waals surface area contributed by atoms with Crippen LogP contribution in [0.15, 0.2) is 42.5 Å². The van der Waals surface area contributed by atoms with Gasteiger partial charge in [0.05, 0.1) is 23.1 Å². The van der Waals surface area contributed by atoms with Gasteiger partial charge >= 0.3 is 0 Å². The molecule has 0 aliphatic carbocycles. The molecule has 0 bridgehead atoms. The highest BCUT2D eigenvalue weighted by molar-refractivity contribution is 6.32. The van der Waals surface area contributed by atoms with Crippen molar-refractivity contribution in [1.82, 2.24) is 9.55 Å². The van der Waals surface area contributed by atoms with Crippen LogP contribution in [0.4, 0.5) is 11.6 Å². The molecular weight excluding hydrogens is 364 g/mol. The third kappa shape index (κ3) is 2.86. The molecule has 6 nitrogen and oxygen atoms in total. The molecule has 0 spiro atoms. The van der Waals surface area contributed by atoms with E-state index in [0.29, 0.717) is 28.8 Å². The number of rotatable bonds is 4. The molecule has 1 N–H and O–H groups in total. The van der Waals surface area contributed by atoms with Crippen molar-refractivity contribution in [3.05, 3.63) is 53.1 Å². The van der Waals surface area contributed by atoms with E-state index in [1.54, 1.807) is 25.1 Å². The Morgan fingerprint density at radius 1 is 1.19 bits per heavy atom. The Balaban J connectivity index is 1.66. The number of para-hydroxylation sites is 2. The molecular formula is C20H19ClN4O2. The van der Waals surface area contributed by atoms with Crippen molar-refractivity contribution in [3.63, 3.8) is 0 Å². The van der Waals surface area contributed by atoms with Crippen LogP contribution in [0.2, 0.25) is 5.02 Å². The molecule has 4 rings (SSSR count). The van der Waals surface area contributed by atoms with E-state index in [9.17, 15) is 9.59 Å². The molecule has 0 unspecified atom stereocenters. The maximum Gasteiger partial charge on any atom is 0.256 e. The number of hydrogen-bond acceptors (Lipinski definition) is 4. The van der Waals surface area contributed by atoms with Gasteiger partial charge in [-0.3, -0.25) is 9.59 Å². The summed E-state index contributed by atoms with van der Waals surface area (Å²) in [6.45, 7) is 4.52. The first-order valence-electron chi connectivity index (χ1n) is 8.85. The monoisotopic (exact) mass is 382 g/mol. The highest BCUT2D eigenvalue weighted by atomic mass is 35.5. The van der Waals surface area contributed by atoms with Crippen LogP contribution in [0.3, 0.4) is 0 Å². The zero-order valence-corrected chi connectivity index (χ0v) is 15.8. The number of carbonyl (C=O) groups is 2. The predicted molar refractivity (Wildman–Crippen MR) is 106 cm³/mol. The Kier molecular flexibility index (Phi) is 4.36. The molecule has 1 fully saturated rings. The van der Waals surface area contributed by atoms with E-state index in [1.807, 2.05) is 35.8 Å². The number of imide groups is 1. The Morgan fingerprint density at radius 2 is 1.96 bits per heavy atom. The molecule has 138 valence electrons. The van der Waals surface area contributed by atoms with Crippen LogP contribution >= 0.6 is 11.6 Å². The molecule has 1 aliphatic heterocycles. The van der Waals surface area contributed by atoms with Crippen LogP contribution in [-0.4, -0.2) is 27.4 Å². The Labute approximate surface area is 161 Å². The third-order valence-electron chi connectivity index (χ3n) is 4.90. The summed E-state index contributed by atoms with van der Waals surface area (Å²) < 4.78 is 2.00. The van der Waals surface area contributed by atoms with E-state index < -0.39 is 6.04 Å². The Bertz CT molecular complexity index is 1060. The van der Waals surface area contributed by atoms with Gasteiger partial charge in [0, 0.05) is 11.6 Å². The number of fused-ring (bicyclic) bond motifs is 1. The maximum atomic E-state index is 13.0. The van der Waals surface area contributed by atoms with Crippen molar-refractivity contribution in [2.45, 2.75) is 32.9 Å². The number of aromatic nitrogens is 2. The zero-order valence-electron chi connectivity index (χ0n) is 15.1. The molecule has 1 aromatic heterocycles. The van der Waals surface area contributed by atoms with Crippen LogP contribution in [0.5, 0.6) is 0 Å². The number of hydrogen-bond donors (Lipinski definition) is 1. The van der Waals surface area contributed by atoms with E-state index in [0.717, 1.165) is 11.0 Å². The summed E-state index contributed by atoms with van der Waals surface area (Å²) >= 11 is 6.16. The smallest absolute Gasteiger partial charge is 0.256 e. The fourth-order valence-corrected chi connectivity index (χ4v) is 3.67. The first-order valence-corrected chi connectivity index (χ1v) is 9.22.